The highest BCUT2D eigenvalue weighted by Crippen LogP contribution is 2.42. The predicted molar refractivity (Wildman–Crippen MR) is 86.1 cm³/mol. The molecule has 1 amide bonds. The van der Waals surface area contributed by atoms with Crippen LogP contribution in [-0.4, -0.2) is 82.8 Å². The fourth-order valence-electron chi connectivity index (χ4n) is 3.34. The van der Waals surface area contributed by atoms with Gasteiger partial charge in [-0.05, 0) is 20.3 Å². The molecular formula is C15H27NO7S. The van der Waals surface area contributed by atoms with E-state index in [2.05, 4.69) is 0 Å². The van der Waals surface area contributed by atoms with E-state index in [-0.39, 0.29) is 24.5 Å². The van der Waals surface area contributed by atoms with Crippen LogP contribution in [0.3, 0.4) is 0 Å². The number of ether oxygens (including phenoxy) is 4. The van der Waals surface area contributed by atoms with E-state index >= 15 is 0 Å². The highest BCUT2D eigenvalue weighted by atomic mass is 32.2. The Hall–Kier alpha value is -0.740. The van der Waals surface area contributed by atoms with Crippen LogP contribution >= 0.6 is 0 Å². The van der Waals surface area contributed by atoms with Crippen LogP contribution in [0.25, 0.3) is 0 Å². The number of methoxy groups -OCH3 is 1. The average molecular weight is 365 g/mol. The van der Waals surface area contributed by atoms with E-state index in [1.54, 1.807) is 12.0 Å². The van der Waals surface area contributed by atoms with Crippen molar-refractivity contribution in [3.63, 3.8) is 0 Å². The second-order valence-corrected chi connectivity index (χ2v) is 8.89. The number of sulfone groups is 1. The quantitative estimate of drug-likeness (QED) is 0.323. The number of hydrogen-bond acceptors (Lipinski definition) is 7. The standard InChI is InChI=1S/C15H27NO7S/c1-15(2)16-11(5-6-23-15)13(14(16)17)12(9-24(4,18)19)22-10-21-8-7-20-3/h11-13H,5-10H2,1-4H3. The van der Waals surface area contributed by atoms with Gasteiger partial charge in [0.05, 0.1) is 43.6 Å². The Morgan fingerprint density at radius 2 is 2.08 bits per heavy atom. The van der Waals surface area contributed by atoms with Crippen molar-refractivity contribution >= 4 is 15.7 Å². The van der Waals surface area contributed by atoms with E-state index < -0.39 is 27.6 Å². The Morgan fingerprint density at radius 1 is 1.38 bits per heavy atom. The Morgan fingerprint density at radius 3 is 2.71 bits per heavy atom. The first-order valence-corrected chi connectivity index (χ1v) is 10.1. The fourth-order valence-corrected chi connectivity index (χ4v) is 4.24. The number of rotatable bonds is 9. The Labute approximate surface area is 143 Å². The number of carbonyl (C=O) groups excluding carboxylic acids is 1. The lowest BCUT2D eigenvalue weighted by Crippen LogP contribution is -2.74. The maximum atomic E-state index is 12.6. The lowest BCUT2D eigenvalue weighted by atomic mass is 9.78. The van der Waals surface area contributed by atoms with Crippen molar-refractivity contribution in [2.75, 3.05) is 45.7 Å². The summed E-state index contributed by atoms with van der Waals surface area (Å²) in [6.07, 6.45) is 1.10. The molecule has 3 atom stereocenters. The molecule has 2 saturated heterocycles. The van der Waals surface area contributed by atoms with Crippen LogP contribution in [-0.2, 0) is 33.6 Å². The van der Waals surface area contributed by atoms with Gasteiger partial charge in [-0.1, -0.05) is 0 Å². The highest BCUT2D eigenvalue weighted by Gasteiger charge is 2.58. The first kappa shape index (κ1) is 19.6. The first-order valence-electron chi connectivity index (χ1n) is 8.00. The third kappa shape index (κ3) is 4.45. The summed E-state index contributed by atoms with van der Waals surface area (Å²) >= 11 is 0. The number of amides is 1. The smallest absolute Gasteiger partial charge is 0.232 e. The van der Waals surface area contributed by atoms with E-state index in [9.17, 15) is 13.2 Å². The van der Waals surface area contributed by atoms with Gasteiger partial charge in [-0.15, -0.1) is 0 Å². The van der Waals surface area contributed by atoms with Crippen molar-refractivity contribution in [3.8, 4) is 0 Å². The molecule has 2 aliphatic rings. The zero-order valence-electron chi connectivity index (χ0n) is 14.7. The molecule has 0 aromatic carbocycles. The minimum atomic E-state index is -3.29. The molecule has 0 spiro atoms. The van der Waals surface area contributed by atoms with Gasteiger partial charge in [0, 0.05) is 13.4 Å². The van der Waals surface area contributed by atoms with Gasteiger partial charge >= 0.3 is 0 Å². The zero-order valence-corrected chi connectivity index (χ0v) is 15.5. The fraction of sp³-hybridized carbons (Fsp3) is 0.933. The van der Waals surface area contributed by atoms with E-state index in [4.69, 9.17) is 18.9 Å². The summed E-state index contributed by atoms with van der Waals surface area (Å²) in [4.78, 5) is 14.3. The summed E-state index contributed by atoms with van der Waals surface area (Å²) in [5.41, 5.74) is -0.666. The molecular weight excluding hydrogens is 338 g/mol. The highest BCUT2D eigenvalue weighted by molar-refractivity contribution is 7.90. The summed E-state index contributed by atoms with van der Waals surface area (Å²) in [7, 11) is -1.73. The molecule has 0 aliphatic carbocycles. The van der Waals surface area contributed by atoms with Crippen LogP contribution in [0.5, 0.6) is 0 Å². The lowest BCUT2D eigenvalue weighted by Gasteiger charge is -2.58. The average Bonchev–Trinajstić information content (AvgIpc) is 2.43. The molecule has 0 aromatic rings. The van der Waals surface area contributed by atoms with Gasteiger partial charge in [0.25, 0.3) is 0 Å². The summed E-state index contributed by atoms with van der Waals surface area (Å²) in [6, 6.07) is -0.0630. The third-order valence-electron chi connectivity index (χ3n) is 4.38. The van der Waals surface area contributed by atoms with Gasteiger partial charge in [-0.2, -0.15) is 0 Å². The van der Waals surface area contributed by atoms with Crippen molar-refractivity contribution in [2.24, 2.45) is 5.92 Å². The molecule has 0 N–H and O–H groups in total. The molecule has 0 radical (unpaired) electrons. The molecule has 3 unspecified atom stereocenters. The molecule has 0 saturated carbocycles. The van der Waals surface area contributed by atoms with Crippen LogP contribution < -0.4 is 0 Å². The van der Waals surface area contributed by atoms with E-state index in [0.29, 0.717) is 26.2 Å². The van der Waals surface area contributed by atoms with Crippen molar-refractivity contribution in [3.05, 3.63) is 0 Å². The number of fused-ring (bicyclic) bond motifs is 1. The molecule has 24 heavy (non-hydrogen) atoms. The van der Waals surface area contributed by atoms with Gasteiger partial charge in [-0.3, -0.25) is 4.79 Å². The second kappa shape index (κ2) is 7.65. The van der Waals surface area contributed by atoms with E-state index in [1.807, 2.05) is 13.8 Å². The van der Waals surface area contributed by atoms with E-state index in [0.717, 1.165) is 6.26 Å². The Balaban J connectivity index is 2.03. The van der Waals surface area contributed by atoms with Crippen LogP contribution in [0.1, 0.15) is 20.3 Å². The van der Waals surface area contributed by atoms with Crippen molar-refractivity contribution in [2.45, 2.75) is 38.1 Å². The molecule has 2 fully saturated rings. The molecule has 140 valence electrons. The van der Waals surface area contributed by atoms with Gasteiger partial charge < -0.3 is 23.8 Å². The summed E-state index contributed by atoms with van der Waals surface area (Å²) in [5, 5.41) is 0. The summed E-state index contributed by atoms with van der Waals surface area (Å²) in [6.45, 7) is 4.91. The first-order chi connectivity index (χ1) is 11.2. The third-order valence-corrected chi connectivity index (χ3v) is 5.32. The summed E-state index contributed by atoms with van der Waals surface area (Å²) in [5.74, 6) is -0.813. The normalized spacial score (nSPS) is 27.5. The van der Waals surface area contributed by atoms with Gasteiger partial charge in [0.2, 0.25) is 5.91 Å². The van der Waals surface area contributed by atoms with Crippen molar-refractivity contribution in [1.29, 1.82) is 0 Å². The van der Waals surface area contributed by atoms with Crippen LogP contribution in [0.4, 0.5) is 0 Å². The molecule has 2 rings (SSSR count). The van der Waals surface area contributed by atoms with E-state index in [1.165, 1.54) is 0 Å². The molecule has 0 bridgehead atoms. The molecule has 8 nitrogen and oxygen atoms in total. The van der Waals surface area contributed by atoms with Crippen LogP contribution in [0, 0.1) is 5.92 Å². The van der Waals surface area contributed by atoms with Crippen molar-refractivity contribution < 1.29 is 32.2 Å². The number of nitrogens with zero attached hydrogens (tertiary/aromatic N) is 1. The van der Waals surface area contributed by atoms with Crippen LogP contribution in [0.15, 0.2) is 0 Å². The molecule has 0 aromatic heterocycles. The van der Waals surface area contributed by atoms with Gasteiger partial charge in [-0.25, -0.2) is 8.42 Å². The zero-order chi connectivity index (χ0) is 18.0. The maximum absolute atomic E-state index is 12.6. The number of β-lactam (4-membered cyclic amide) rings is 1. The minimum absolute atomic E-state index is 0.0630. The predicted octanol–water partition coefficient (Wildman–Crippen LogP) is 0.0201. The topological polar surface area (TPSA) is 91.4 Å². The molecule has 9 heteroatoms. The molecule has 2 aliphatic heterocycles. The van der Waals surface area contributed by atoms with Crippen LogP contribution in [0.2, 0.25) is 0 Å². The Bertz CT molecular complexity index is 548. The monoisotopic (exact) mass is 365 g/mol. The lowest BCUT2D eigenvalue weighted by molar-refractivity contribution is -0.246. The largest absolute Gasteiger partial charge is 0.382 e. The van der Waals surface area contributed by atoms with Gasteiger partial charge in [0.15, 0.2) is 0 Å². The van der Waals surface area contributed by atoms with Crippen molar-refractivity contribution in [1.82, 2.24) is 4.90 Å². The summed E-state index contributed by atoms with van der Waals surface area (Å²) < 4.78 is 44.8. The SMILES string of the molecule is COCCOCOC(CS(C)(=O)=O)C1C(=O)N2C1CCOC2(C)C. The maximum Gasteiger partial charge on any atom is 0.232 e. The minimum Gasteiger partial charge on any atom is -0.382 e. The number of carbonyl (C=O) groups is 1. The number of hydrogen-bond donors (Lipinski definition) is 0. The Kier molecular flexibility index (Phi) is 6.24. The van der Waals surface area contributed by atoms with Gasteiger partial charge in [0.1, 0.15) is 22.4 Å². The second-order valence-electron chi connectivity index (χ2n) is 6.70. The molecule has 2 heterocycles.